The Morgan fingerprint density at radius 1 is 1.10 bits per heavy atom. The molecule has 2 unspecified atom stereocenters. The van der Waals surface area contributed by atoms with Crippen molar-refractivity contribution in [2.75, 3.05) is 11.4 Å². The number of anilines is 1. The van der Waals surface area contributed by atoms with E-state index in [9.17, 15) is 14.0 Å². The first-order valence-electron chi connectivity index (χ1n) is 14.5. The van der Waals surface area contributed by atoms with E-state index in [2.05, 4.69) is 54.5 Å². The Hall–Kier alpha value is -3.48. The van der Waals surface area contributed by atoms with Gasteiger partial charge in [0.2, 0.25) is 5.91 Å². The van der Waals surface area contributed by atoms with Crippen molar-refractivity contribution < 1.29 is 18.7 Å². The van der Waals surface area contributed by atoms with Crippen LogP contribution < -0.4 is 10.2 Å². The van der Waals surface area contributed by atoms with Crippen LogP contribution in [-0.4, -0.2) is 35.2 Å². The van der Waals surface area contributed by atoms with Gasteiger partial charge in [-0.1, -0.05) is 44.5 Å². The molecule has 3 aromatic rings. The number of halogens is 1. The van der Waals surface area contributed by atoms with Crippen LogP contribution in [0, 0.1) is 17.7 Å². The van der Waals surface area contributed by atoms with Gasteiger partial charge < -0.3 is 15.0 Å². The molecular weight excluding hydrogens is 505 g/mol. The monoisotopic (exact) mass is 545 g/mol. The van der Waals surface area contributed by atoms with Crippen LogP contribution in [-0.2, 0) is 9.53 Å². The van der Waals surface area contributed by atoms with Gasteiger partial charge in [0, 0.05) is 29.8 Å². The largest absolute Gasteiger partial charge is 0.444 e. The summed E-state index contributed by atoms with van der Waals surface area (Å²) in [6, 6.07) is 15.5. The second-order valence-electron chi connectivity index (χ2n) is 12.5. The third-order valence-electron chi connectivity index (χ3n) is 8.12. The number of aromatic nitrogens is 1. The van der Waals surface area contributed by atoms with Crippen LogP contribution >= 0.6 is 0 Å². The minimum Gasteiger partial charge on any atom is -0.444 e. The lowest BCUT2D eigenvalue weighted by molar-refractivity contribution is -0.120. The Balaban J connectivity index is 1.44. The van der Waals surface area contributed by atoms with E-state index in [0.717, 1.165) is 28.6 Å². The topological polar surface area (TPSA) is 71.5 Å². The van der Waals surface area contributed by atoms with E-state index in [1.54, 1.807) is 6.07 Å². The first-order chi connectivity index (χ1) is 19.0. The molecule has 1 heterocycles. The van der Waals surface area contributed by atoms with Crippen LogP contribution in [0.25, 0.3) is 10.8 Å². The Bertz CT molecular complexity index is 1380. The first kappa shape index (κ1) is 28.1. The van der Waals surface area contributed by atoms with Crippen molar-refractivity contribution in [3.05, 3.63) is 71.8 Å². The molecule has 1 aromatic heterocycles. The highest BCUT2D eigenvalue weighted by Gasteiger charge is 2.47. The van der Waals surface area contributed by atoms with E-state index >= 15 is 0 Å². The molecule has 5 rings (SSSR count). The summed E-state index contributed by atoms with van der Waals surface area (Å²) in [6.45, 7) is 9.97. The molecule has 2 aliphatic rings. The third-order valence-corrected chi connectivity index (χ3v) is 8.12. The first-order valence-corrected chi connectivity index (χ1v) is 14.5. The molecule has 0 saturated heterocycles. The van der Waals surface area contributed by atoms with Crippen molar-refractivity contribution in [2.45, 2.75) is 83.8 Å². The van der Waals surface area contributed by atoms with Gasteiger partial charge in [-0.3, -0.25) is 9.78 Å². The van der Waals surface area contributed by atoms with Crippen LogP contribution in [0.3, 0.4) is 0 Å². The lowest BCUT2D eigenvalue weighted by Gasteiger charge is -2.32. The number of carbonyl (C=O) groups excluding carboxylic acids is 2. The quantitative estimate of drug-likeness (QED) is 0.306. The van der Waals surface area contributed by atoms with E-state index in [1.807, 2.05) is 31.7 Å². The molecule has 0 radical (unpaired) electrons. The van der Waals surface area contributed by atoms with Crippen molar-refractivity contribution in [3.8, 4) is 0 Å². The summed E-state index contributed by atoms with van der Waals surface area (Å²) in [7, 11) is 0. The number of ether oxygens (including phenoxy) is 1. The second kappa shape index (κ2) is 11.2. The molecule has 40 heavy (non-hydrogen) atoms. The molecule has 2 aromatic carbocycles. The number of amides is 2. The fourth-order valence-corrected chi connectivity index (χ4v) is 5.32. The number of hydrogen-bond acceptors (Lipinski definition) is 4. The van der Waals surface area contributed by atoms with Crippen molar-refractivity contribution in [1.29, 1.82) is 0 Å². The summed E-state index contributed by atoms with van der Waals surface area (Å²) in [4.78, 5) is 32.9. The minimum absolute atomic E-state index is 0.00985. The van der Waals surface area contributed by atoms with Crippen molar-refractivity contribution in [2.24, 2.45) is 11.8 Å². The Kier molecular flexibility index (Phi) is 7.85. The van der Waals surface area contributed by atoms with Gasteiger partial charge in [0.1, 0.15) is 11.4 Å². The number of carbonyl (C=O) groups is 2. The highest BCUT2D eigenvalue weighted by molar-refractivity contribution is 5.99. The molecule has 2 aliphatic carbocycles. The van der Waals surface area contributed by atoms with Gasteiger partial charge in [0.15, 0.2) is 0 Å². The highest BCUT2D eigenvalue weighted by atomic mass is 19.1. The summed E-state index contributed by atoms with van der Waals surface area (Å²) in [5.74, 6) is 0.0919. The molecule has 0 aliphatic heterocycles. The van der Waals surface area contributed by atoms with E-state index < -0.39 is 11.7 Å². The average Bonchev–Trinajstić information content (AvgIpc) is 3.83. The Morgan fingerprint density at radius 3 is 2.48 bits per heavy atom. The fraction of sp³-hybridized carbons (Fsp3) is 0.485. The van der Waals surface area contributed by atoms with E-state index in [1.165, 1.54) is 30.7 Å². The summed E-state index contributed by atoms with van der Waals surface area (Å²) in [5, 5.41) is 5.28. The summed E-state index contributed by atoms with van der Waals surface area (Å²) in [5.41, 5.74) is 2.28. The van der Waals surface area contributed by atoms with Gasteiger partial charge in [-0.2, -0.15) is 0 Å². The molecule has 4 atom stereocenters. The molecule has 2 fully saturated rings. The van der Waals surface area contributed by atoms with Gasteiger partial charge in [-0.05, 0) is 92.5 Å². The zero-order chi connectivity index (χ0) is 28.6. The van der Waals surface area contributed by atoms with Gasteiger partial charge in [0.05, 0.1) is 12.2 Å². The van der Waals surface area contributed by atoms with E-state index in [0.29, 0.717) is 18.9 Å². The molecule has 212 valence electrons. The maximum atomic E-state index is 14.1. The fourth-order valence-electron chi connectivity index (χ4n) is 5.32. The average molecular weight is 546 g/mol. The van der Waals surface area contributed by atoms with Gasteiger partial charge in [0.25, 0.3) is 0 Å². The zero-order valence-corrected chi connectivity index (χ0v) is 24.1. The predicted molar refractivity (Wildman–Crippen MR) is 156 cm³/mol. The van der Waals surface area contributed by atoms with Crippen molar-refractivity contribution >= 4 is 28.5 Å². The van der Waals surface area contributed by atoms with Gasteiger partial charge in [-0.25, -0.2) is 9.18 Å². The second-order valence-corrected chi connectivity index (χ2v) is 12.5. The number of alkyl carbamates (subject to hydrolysis) is 1. The third kappa shape index (κ3) is 6.62. The molecule has 1 N–H and O–H groups in total. The van der Waals surface area contributed by atoms with E-state index in [4.69, 9.17) is 4.74 Å². The molecule has 2 saturated carbocycles. The number of nitrogens with one attached hydrogen (secondary N) is 1. The Morgan fingerprint density at radius 2 is 1.82 bits per heavy atom. The molecular formula is C33H40FN3O3. The lowest BCUT2D eigenvalue weighted by atomic mass is 9.97. The Labute approximate surface area is 236 Å². The SMILES string of the molecule is CC[C@H](C)[C@@H](CN(C(=O)C1CC1c1ccc(F)cn1)c1ccc2cc(C3CC3)ccc2c1)NC(=O)OC(C)(C)C. The number of fused-ring (bicyclic) bond motifs is 1. The van der Waals surface area contributed by atoms with Crippen molar-refractivity contribution in [3.63, 3.8) is 0 Å². The standard InChI is InChI=1S/C33H40FN3O3/c1-6-20(2)30(36-32(39)40-33(3,4)5)19-37(31(38)28-17-27(28)29-14-12-25(34)18-35-29)26-13-11-23-15-22(21-7-8-21)9-10-24(23)16-26/h9-16,18,20-21,27-28,30H,6-8,17,19H2,1-5H3,(H,36,39)/t20-,27?,28?,30+/m0/s1. The van der Waals surface area contributed by atoms with Crippen LogP contribution in [0.2, 0.25) is 0 Å². The van der Waals surface area contributed by atoms with Gasteiger partial charge >= 0.3 is 6.09 Å². The highest BCUT2D eigenvalue weighted by Crippen LogP contribution is 2.48. The van der Waals surface area contributed by atoms with E-state index in [-0.39, 0.29) is 35.5 Å². The minimum atomic E-state index is -0.624. The molecule has 0 spiro atoms. The zero-order valence-electron chi connectivity index (χ0n) is 24.1. The number of nitrogens with zero attached hydrogens (tertiary/aromatic N) is 2. The maximum Gasteiger partial charge on any atom is 0.407 e. The lowest BCUT2D eigenvalue weighted by Crippen LogP contribution is -2.50. The number of benzene rings is 2. The van der Waals surface area contributed by atoms with Gasteiger partial charge in [-0.15, -0.1) is 0 Å². The van der Waals surface area contributed by atoms with Crippen molar-refractivity contribution in [1.82, 2.24) is 10.3 Å². The molecule has 7 heteroatoms. The molecule has 2 amide bonds. The van der Waals surface area contributed by atoms with Crippen LogP contribution in [0.15, 0.2) is 54.7 Å². The smallest absolute Gasteiger partial charge is 0.407 e. The normalized spacial score (nSPS) is 20.1. The van der Waals surface area contributed by atoms with Crippen LogP contribution in [0.5, 0.6) is 0 Å². The summed E-state index contributed by atoms with van der Waals surface area (Å²) >= 11 is 0. The number of rotatable bonds is 9. The van der Waals surface area contributed by atoms with Crippen LogP contribution in [0.1, 0.15) is 83.4 Å². The maximum absolute atomic E-state index is 14.1. The summed E-state index contributed by atoms with van der Waals surface area (Å²) in [6.07, 6.45) is 4.71. The summed E-state index contributed by atoms with van der Waals surface area (Å²) < 4.78 is 19.0. The van der Waals surface area contributed by atoms with Crippen LogP contribution in [0.4, 0.5) is 14.9 Å². The number of hydrogen-bond donors (Lipinski definition) is 1. The predicted octanol–water partition coefficient (Wildman–Crippen LogP) is 7.33. The molecule has 0 bridgehead atoms. The molecule has 6 nitrogen and oxygen atoms in total. The number of pyridine rings is 1.